The second kappa shape index (κ2) is 4.90. The Morgan fingerprint density at radius 3 is 2.00 bits per heavy atom. The summed E-state index contributed by atoms with van der Waals surface area (Å²) < 4.78 is 43.9. The maximum atomic E-state index is 11.2. The van der Waals surface area contributed by atoms with E-state index in [1.54, 1.807) is 0 Å². The van der Waals surface area contributed by atoms with Gasteiger partial charge in [0.05, 0.1) is 23.3 Å². The van der Waals surface area contributed by atoms with E-state index < -0.39 is 48.9 Å². The predicted octanol–water partition coefficient (Wildman–Crippen LogP) is -2.74. The number of carbonyl (C=O) groups excluding carboxylic acids is 1. The zero-order valence-electron chi connectivity index (χ0n) is 8.21. The van der Waals surface area contributed by atoms with Crippen molar-refractivity contribution >= 4 is 25.6 Å². The zero-order chi connectivity index (χ0) is 12.3. The molecule has 0 aliphatic carbocycles. The summed E-state index contributed by atoms with van der Waals surface area (Å²) in [6.07, 6.45) is 0.927. The summed E-state index contributed by atoms with van der Waals surface area (Å²) in [4.78, 5) is 10.5. The maximum Gasteiger partial charge on any atom is 0.235 e. The molecule has 90 valence electrons. The molecular weight excluding hydrogens is 244 g/mol. The largest absolute Gasteiger partial charge is 0.368 e. The number of nitrogens with two attached hydrogens (primary N) is 2. The third-order valence-corrected chi connectivity index (χ3v) is 4.46. The number of rotatable bonds is 6. The Morgan fingerprint density at radius 1 is 1.20 bits per heavy atom. The number of sulfone groups is 2. The molecule has 0 bridgehead atoms. The molecule has 0 aliphatic rings. The molecule has 15 heavy (non-hydrogen) atoms. The smallest absolute Gasteiger partial charge is 0.235 e. The van der Waals surface area contributed by atoms with E-state index in [4.69, 9.17) is 11.5 Å². The molecule has 0 aromatic heterocycles. The lowest BCUT2D eigenvalue weighted by atomic mass is 10.3. The Bertz CT molecular complexity index is 424. The average molecular weight is 258 g/mol. The third kappa shape index (κ3) is 7.28. The first kappa shape index (κ1) is 14.3. The number of primary amides is 1. The van der Waals surface area contributed by atoms with Gasteiger partial charge >= 0.3 is 0 Å². The molecule has 0 radical (unpaired) electrons. The lowest BCUT2D eigenvalue weighted by Gasteiger charge is -2.07. The Labute approximate surface area is 88.7 Å². The average Bonchev–Trinajstić information content (AvgIpc) is 1.99. The maximum absolute atomic E-state index is 11.2. The van der Waals surface area contributed by atoms with Crippen molar-refractivity contribution in [1.29, 1.82) is 0 Å². The summed E-state index contributed by atoms with van der Waals surface area (Å²) in [7, 11) is -7.01. The van der Waals surface area contributed by atoms with E-state index in [-0.39, 0.29) is 0 Å². The van der Waals surface area contributed by atoms with E-state index in [1.165, 1.54) is 0 Å². The lowest BCUT2D eigenvalue weighted by Crippen LogP contribution is -2.42. The van der Waals surface area contributed by atoms with Crippen molar-refractivity contribution in [3.05, 3.63) is 0 Å². The SMILES string of the molecule is CS(=O)(=O)CCS(=O)(=O)CC(N)C(N)=O. The van der Waals surface area contributed by atoms with E-state index in [0.29, 0.717) is 0 Å². The van der Waals surface area contributed by atoms with Gasteiger partial charge in [0.2, 0.25) is 5.91 Å². The number of amides is 1. The Hall–Kier alpha value is -0.670. The van der Waals surface area contributed by atoms with E-state index in [0.717, 1.165) is 6.26 Å². The van der Waals surface area contributed by atoms with Gasteiger partial charge in [0.25, 0.3) is 0 Å². The predicted molar refractivity (Wildman–Crippen MR) is 55.5 cm³/mol. The number of carbonyl (C=O) groups is 1. The molecule has 0 saturated carbocycles. The summed E-state index contributed by atoms with van der Waals surface area (Å²) in [5, 5.41) is 0. The Morgan fingerprint density at radius 2 is 1.67 bits per heavy atom. The summed E-state index contributed by atoms with van der Waals surface area (Å²) in [6, 6.07) is -1.30. The molecule has 0 rings (SSSR count). The van der Waals surface area contributed by atoms with Crippen LogP contribution < -0.4 is 11.5 Å². The van der Waals surface area contributed by atoms with Crippen molar-refractivity contribution in [3.63, 3.8) is 0 Å². The highest BCUT2D eigenvalue weighted by Crippen LogP contribution is 1.96. The van der Waals surface area contributed by atoms with Crippen LogP contribution in [-0.4, -0.2) is 52.3 Å². The minimum absolute atomic E-state index is 0.485. The molecule has 0 fully saturated rings. The number of hydrogen-bond donors (Lipinski definition) is 2. The minimum atomic E-state index is -3.66. The highest BCUT2D eigenvalue weighted by molar-refractivity contribution is 7.94. The van der Waals surface area contributed by atoms with Crippen LogP contribution in [-0.2, 0) is 24.5 Å². The van der Waals surface area contributed by atoms with Crippen LogP contribution >= 0.6 is 0 Å². The van der Waals surface area contributed by atoms with Crippen LogP contribution in [0.25, 0.3) is 0 Å². The van der Waals surface area contributed by atoms with Crippen LogP contribution in [0.4, 0.5) is 0 Å². The van der Waals surface area contributed by atoms with E-state index >= 15 is 0 Å². The highest BCUT2D eigenvalue weighted by Gasteiger charge is 2.21. The van der Waals surface area contributed by atoms with Crippen LogP contribution in [0.3, 0.4) is 0 Å². The van der Waals surface area contributed by atoms with Crippen molar-refractivity contribution in [2.75, 3.05) is 23.5 Å². The Kier molecular flexibility index (Phi) is 4.68. The van der Waals surface area contributed by atoms with Crippen LogP contribution in [0.1, 0.15) is 0 Å². The molecule has 0 heterocycles. The first-order chi connectivity index (χ1) is 6.53. The van der Waals surface area contributed by atoms with Crippen molar-refractivity contribution < 1.29 is 21.6 Å². The summed E-state index contributed by atoms with van der Waals surface area (Å²) in [5.41, 5.74) is 9.92. The van der Waals surface area contributed by atoms with Crippen molar-refractivity contribution in [3.8, 4) is 0 Å². The quantitative estimate of drug-likeness (QED) is 0.530. The fourth-order valence-electron chi connectivity index (χ4n) is 0.717. The molecule has 4 N–H and O–H groups in total. The van der Waals surface area contributed by atoms with Gasteiger partial charge in [-0.05, 0) is 0 Å². The zero-order valence-corrected chi connectivity index (χ0v) is 9.84. The van der Waals surface area contributed by atoms with Gasteiger partial charge in [-0.15, -0.1) is 0 Å². The second-order valence-electron chi connectivity index (χ2n) is 3.25. The van der Waals surface area contributed by atoms with Gasteiger partial charge in [0.1, 0.15) is 9.84 Å². The fraction of sp³-hybridized carbons (Fsp3) is 0.833. The van der Waals surface area contributed by atoms with Crippen LogP contribution in [0.2, 0.25) is 0 Å². The normalized spacial score (nSPS) is 14.8. The molecule has 7 nitrogen and oxygen atoms in total. The molecule has 1 atom stereocenters. The third-order valence-electron chi connectivity index (χ3n) is 1.56. The van der Waals surface area contributed by atoms with Gasteiger partial charge in [0, 0.05) is 6.26 Å². The van der Waals surface area contributed by atoms with Crippen molar-refractivity contribution in [2.24, 2.45) is 11.5 Å². The highest BCUT2D eigenvalue weighted by atomic mass is 32.2. The molecule has 1 unspecified atom stereocenters. The van der Waals surface area contributed by atoms with Gasteiger partial charge in [0.15, 0.2) is 9.84 Å². The van der Waals surface area contributed by atoms with Gasteiger partial charge in [-0.2, -0.15) is 0 Å². The van der Waals surface area contributed by atoms with Gasteiger partial charge in [-0.1, -0.05) is 0 Å². The van der Waals surface area contributed by atoms with Gasteiger partial charge in [-0.25, -0.2) is 16.8 Å². The van der Waals surface area contributed by atoms with E-state index in [1.807, 2.05) is 0 Å². The Balaban J connectivity index is 4.40. The molecule has 0 aromatic carbocycles. The molecular formula is C6H14N2O5S2. The first-order valence-corrected chi connectivity index (χ1v) is 7.85. The molecule has 0 spiro atoms. The molecule has 9 heteroatoms. The van der Waals surface area contributed by atoms with Crippen molar-refractivity contribution in [2.45, 2.75) is 6.04 Å². The molecule has 1 amide bonds. The summed E-state index contributed by atoms with van der Waals surface area (Å²) in [5.74, 6) is -2.59. The number of hydrogen-bond acceptors (Lipinski definition) is 6. The fourth-order valence-corrected chi connectivity index (χ4v) is 3.82. The van der Waals surface area contributed by atoms with Crippen LogP contribution in [0.15, 0.2) is 0 Å². The van der Waals surface area contributed by atoms with Gasteiger partial charge < -0.3 is 11.5 Å². The van der Waals surface area contributed by atoms with Crippen molar-refractivity contribution in [1.82, 2.24) is 0 Å². The lowest BCUT2D eigenvalue weighted by molar-refractivity contribution is -0.118. The topological polar surface area (TPSA) is 137 Å². The summed E-state index contributed by atoms with van der Waals surface area (Å²) in [6.45, 7) is 0. The van der Waals surface area contributed by atoms with Crippen LogP contribution in [0.5, 0.6) is 0 Å². The molecule has 0 saturated heterocycles. The standard InChI is InChI=1S/C6H14N2O5S2/c1-14(10,11)2-3-15(12,13)4-5(7)6(8)9/h5H,2-4,7H2,1H3,(H2,8,9). The van der Waals surface area contributed by atoms with E-state index in [2.05, 4.69) is 0 Å². The second-order valence-corrected chi connectivity index (χ2v) is 7.74. The molecule has 0 aromatic rings. The first-order valence-electron chi connectivity index (χ1n) is 3.96. The summed E-state index contributed by atoms with van der Waals surface area (Å²) >= 11 is 0. The van der Waals surface area contributed by atoms with Crippen LogP contribution in [0, 0.1) is 0 Å². The monoisotopic (exact) mass is 258 g/mol. The minimum Gasteiger partial charge on any atom is -0.368 e. The van der Waals surface area contributed by atoms with Gasteiger partial charge in [-0.3, -0.25) is 4.79 Å². The molecule has 0 aliphatic heterocycles. The van der Waals surface area contributed by atoms with E-state index in [9.17, 15) is 21.6 Å².